The third kappa shape index (κ3) is 2.99. The SMILES string of the molecule is CCc1ccc(C)c2c1OC(C1CCC(c3ccc(C(=O)O)cc3)N1)C2. The topological polar surface area (TPSA) is 58.6 Å². The van der Waals surface area contributed by atoms with Gasteiger partial charge in [-0.25, -0.2) is 4.79 Å². The summed E-state index contributed by atoms with van der Waals surface area (Å²) >= 11 is 0. The molecule has 2 aliphatic rings. The third-order valence-corrected chi connectivity index (χ3v) is 5.82. The maximum Gasteiger partial charge on any atom is 0.335 e. The second kappa shape index (κ2) is 6.76. The molecule has 26 heavy (non-hydrogen) atoms. The van der Waals surface area contributed by atoms with Crippen LogP contribution in [-0.4, -0.2) is 23.2 Å². The van der Waals surface area contributed by atoms with Crippen LogP contribution in [0, 0.1) is 6.92 Å². The van der Waals surface area contributed by atoms with Crippen molar-refractivity contribution in [3.8, 4) is 5.75 Å². The highest BCUT2D eigenvalue weighted by Crippen LogP contribution is 2.39. The van der Waals surface area contributed by atoms with Crippen molar-refractivity contribution in [2.24, 2.45) is 0 Å². The van der Waals surface area contributed by atoms with E-state index in [0.717, 1.165) is 37.0 Å². The minimum absolute atomic E-state index is 0.180. The lowest BCUT2D eigenvalue weighted by Crippen LogP contribution is -2.38. The molecule has 4 nitrogen and oxygen atoms in total. The van der Waals surface area contributed by atoms with Crippen LogP contribution in [0.3, 0.4) is 0 Å². The van der Waals surface area contributed by atoms with Gasteiger partial charge in [0.15, 0.2) is 0 Å². The van der Waals surface area contributed by atoms with Crippen molar-refractivity contribution in [1.29, 1.82) is 0 Å². The molecule has 1 fully saturated rings. The van der Waals surface area contributed by atoms with E-state index in [0.29, 0.717) is 11.6 Å². The van der Waals surface area contributed by atoms with Gasteiger partial charge in [-0.2, -0.15) is 0 Å². The summed E-state index contributed by atoms with van der Waals surface area (Å²) in [5.74, 6) is 0.224. The highest BCUT2D eigenvalue weighted by molar-refractivity contribution is 5.87. The van der Waals surface area contributed by atoms with Crippen LogP contribution in [0.25, 0.3) is 0 Å². The van der Waals surface area contributed by atoms with E-state index in [2.05, 4.69) is 31.3 Å². The second-order valence-electron chi connectivity index (χ2n) is 7.39. The molecule has 0 bridgehead atoms. The second-order valence-corrected chi connectivity index (χ2v) is 7.39. The molecule has 2 aliphatic heterocycles. The number of carboxylic acid groups (broad SMARTS) is 1. The predicted octanol–water partition coefficient (Wildman–Crippen LogP) is 4.05. The number of hydrogen-bond donors (Lipinski definition) is 2. The Labute approximate surface area is 154 Å². The standard InChI is InChI=1S/C22H25NO3/c1-3-14-5-4-13(2)17-12-20(26-21(14)17)19-11-10-18(23-19)15-6-8-16(9-7-15)22(24)25/h4-9,18-20,23H,3,10-12H2,1-2H3,(H,24,25). The van der Waals surface area contributed by atoms with Crippen molar-refractivity contribution in [2.45, 2.75) is 57.7 Å². The molecule has 0 spiro atoms. The highest BCUT2D eigenvalue weighted by atomic mass is 16.5. The van der Waals surface area contributed by atoms with Crippen molar-refractivity contribution in [3.63, 3.8) is 0 Å². The lowest BCUT2D eigenvalue weighted by Gasteiger charge is -2.21. The normalized spacial score (nSPS) is 24.3. The summed E-state index contributed by atoms with van der Waals surface area (Å²) < 4.78 is 6.39. The van der Waals surface area contributed by atoms with Crippen molar-refractivity contribution in [2.75, 3.05) is 0 Å². The lowest BCUT2D eigenvalue weighted by atomic mass is 9.97. The molecule has 2 N–H and O–H groups in total. The molecule has 1 saturated heterocycles. The first-order chi connectivity index (χ1) is 12.6. The highest BCUT2D eigenvalue weighted by Gasteiger charge is 2.37. The molecule has 0 aliphatic carbocycles. The lowest BCUT2D eigenvalue weighted by molar-refractivity contribution is 0.0697. The fraction of sp³-hybridized carbons (Fsp3) is 0.409. The Morgan fingerprint density at radius 3 is 2.65 bits per heavy atom. The molecule has 136 valence electrons. The maximum absolute atomic E-state index is 11.0. The number of nitrogens with one attached hydrogen (secondary N) is 1. The molecule has 3 atom stereocenters. The first-order valence-corrected chi connectivity index (χ1v) is 9.44. The molecule has 4 rings (SSSR count). The van der Waals surface area contributed by atoms with Crippen LogP contribution >= 0.6 is 0 Å². The van der Waals surface area contributed by atoms with E-state index >= 15 is 0 Å². The Balaban J connectivity index is 1.46. The van der Waals surface area contributed by atoms with Crippen LogP contribution in [0.5, 0.6) is 5.75 Å². The average Bonchev–Trinajstić information content (AvgIpc) is 3.30. The number of fused-ring (bicyclic) bond motifs is 1. The van der Waals surface area contributed by atoms with Gasteiger partial charge in [-0.05, 0) is 55.0 Å². The van der Waals surface area contributed by atoms with E-state index in [1.807, 2.05) is 12.1 Å². The zero-order valence-corrected chi connectivity index (χ0v) is 15.3. The summed E-state index contributed by atoms with van der Waals surface area (Å²) in [5.41, 5.74) is 5.47. The molecule has 4 heteroatoms. The number of benzene rings is 2. The molecule has 3 unspecified atom stereocenters. The molecule has 0 radical (unpaired) electrons. The largest absolute Gasteiger partial charge is 0.488 e. The van der Waals surface area contributed by atoms with Crippen molar-refractivity contribution < 1.29 is 14.6 Å². The van der Waals surface area contributed by atoms with Gasteiger partial charge >= 0.3 is 5.97 Å². The number of aryl methyl sites for hydroxylation is 2. The first-order valence-electron chi connectivity index (χ1n) is 9.44. The Morgan fingerprint density at radius 2 is 1.96 bits per heavy atom. The number of aromatic carboxylic acids is 1. The maximum atomic E-state index is 11.0. The van der Waals surface area contributed by atoms with Crippen molar-refractivity contribution >= 4 is 5.97 Å². The van der Waals surface area contributed by atoms with Crippen LogP contribution in [0.15, 0.2) is 36.4 Å². The van der Waals surface area contributed by atoms with Crippen LogP contribution in [0.2, 0.25) is 0 Å². The van der Waals surface area contributed by atoms with Gasteiger partial charge in [0, 0.05) is 24.1 Å². The molecule has 0 amide bonds. The van der Waals surface area contributed by atoms with Gasteiger partial charge in [-0.3, -0.25) is 0 Å². The molecule has 0 saturated carbocycles. The minimum Gasteiger partial charge on any atom is -0.488 e. The van der Waals surface area contributed by atoms with Gasteiger partial charge in [0.1, 0.15) is 11.9 Å². The predicted molar refractivity (Wildman–Crippen MR) is 101 cm³/mol. The van der Waals surface area contributed by atoms with Crippen molar-refractivity contribution in [3.05, 3.63) is 64.2 Å². The number of carboxylic acids is 1. The summed E-state index contributed by atoms with van der Waals surface area (Å²) in [6.07, 6.45) is 4.26. The quantitative estimate of drug-likeness (QED) is 0.872. The van der Waals surface area contributed by atoms with E-state index in [1.165, 1.54) is 16.7 Å². The van der Waals surface area contributed by atoms with E-state index in [9.17, 15) is 4.79 Å². The van der Waals surface area contributed by atoms with Gasteiger partial charge in [-0.1, -0.05) is 31.2 Å². The van der Waals surface area contributed by atoms with Crippen LogP contribution < -0.4 is 10.1 Å². The fourth-order valence-corrected chi connectivity index (χ4v) is 4.26. The molecule has 2 aromatic carbocycles. The fourth-order valence-electron chi connectivity index (χ4n) is 4.26. The molecular formula is C22H25NO3. The van der Waals surface area contributed by atoms with E-state index < -0.39 is 5.97 Å². The zero-order valence-electron chi connectivity index (χ0n) is 15.3. The van der Waals surface area contributed by atoms with Crippen LogP contribution in [0.1, 0.15) is 58.4 Å². The zero-order chi connectivity index (χ0) is 18.3. The summed E-state index contributed by atoms with van der Waals surface area (Å²) in [5, 5.41) is 12.8. The van der Waals surface area contributed by atoms with E-state index in [-0.39, 0.29) is 12.1 Å². The Hall–Kier alpha value is -2.33. The van der Waals surface area contributed by atoms with Gasteiger partial charge in [0.2, 0.25) is 0 Å². The Bertz CT molecular complexity index is 828. The van der Waals surface area contributed by atoms with Gasteiger partial charge in [0.25, 0.3) is 0 Å². The molecule has 2 aromatic rings. The van der Waals surface area contributed by atoms with Gasteiger partial charge in [0.05, 0.1) is 5.56 Å². The molecule has 0 aromatic heterocycles. The van der Waals surface area contributed by atoms with Crippen LogP contribution in [0.4, 0.5) is 0 Å². The first kappa shape index (κ1) is 17.1. The third-order valence-electron chi connectivity index (χ3n) is 5.82. The molecule has 2 heterocycles. The minimum atomic E-state index is -0.881. The number of hydrogen-bond acceptors (Lipinski definition) is 3. The summed E-state index contributed by atoms with van der Waals surface area (Å²) in [6, 6.07) is 12.2. The monoisotopic (exact) mass is 351 g/mol. The smallest absolute Gasteiger partial charge is 0.335 e. The number of ether oxygens (including phenoxy) is 1. The van der Waals surface area contributed by atoms with E-state index in [1.54, 1.807) is 12.1 Å². The average molecular weight is 351 g/mol. The Morgan fingerprint density at radius 1 is 1.19 bits per heavy atom. The van der Waals surface area contributed by atoms with Crippen LogP contribution in [-0.2, 0) is 12.8 Å². The summed E-state index contributed by atoms with van der Waals surface area (Å²) in [4.78, 5) is 11.0. The number of carbonyl (C=O) groups is 1. The summed E-state index contributed by atoms with van der Waals surface area (Å²) in [7, 11) is 0. The number of rotatable bonds is 4. The molecular weight excluding hydrogens is 326 g/mol. The van der Waals surface area contributed by atoms with Crippen molar-refractivity contribution in [1.82, 2.24) is 5.32 Å². The van der Waals surface area contributed by atoms with Gasteiger partial charge < -0.3 is 15.2 Å². The van der Waals surface area contributed by atoms with E-state index in [4.69, 9.17) is 9.84 Å². The summed E-state index contributed by atoms with van der Waals surface area (Å²) in [6.45, 7) is 4.34. The van der Waals surface area contributed by atoms with Gasteiger partial charge in [-0.15, -0.1) is 0 Å². The Kier molecular flexibility index (Phi) is 4.45.